The Kier molecular flexibility index (Phi) is 5.50. The van der Waals surface area contributed by atoms with E-state index < -0.39 is 0 Å². The number of rotatable bonds is 7. The van der Waals surface area contributed by atoms with Crippen molar-refractivity contribution in [2.24, 2.45) is 5.92 Å². The molecule has 0 bridgehead atoms. The topological polar surface area (TPSA) is 34.4 Å². The molecule has 2 rings (SSSR count). The van der Waals surface area contributed by atoms with Crippen LogP contribution in [0.15, 0.2) is 41.0 Å². The Morgan fingerprint density at radius 3 is 2.85 bits per heavy atom. The molecule has 3 nitrogen and oxygen atoms in total. The van der Waals surface area contributed by atoms with Gasteiger partial charge in [0.1, 0.15) is 18.1 Å². The maximum Gasteiger partial charge on any atom is 0.146 e. The Bertz CT molecular complexity index is 537. The molecule has 0 radical (unpaired) electrons. The van der Waals surface area contributed by atoms with E-state index in [1.807, 2.05) is 24.3 Å². The van der Waals surface area contributed by atoms with Gasteiger partial charge in [-0.3, -0.25) is 0 Å². The number of para-hydroxylation sites is 1. The Hall–Kier alpha value is -1.45. The summed E-state index contributed by atoms with van der Waals surface area (Å²) in [7, 11) is 0. The van der Waals surface area contributed by atoms with E-state index in [9.17, 15) is 0 Å². The molecule has 0 atom stereocenters. The number of nitrogens with one attached hydrogen (secondary N) is 1. The predicted molar refractivity (Wildman–Crippen MR) is 81.0 cm³/mol. The number of furan rings is 1. The highest BCUT2D eigenvalue weighted by atomic mass is 35.5. The molecule has 0 saturated carbocycles. The number of halogens is 1. The first-order valence-corrected chi connectivity index (χ1v) is 7.17. The molecule has 108 valence electrons. The molecule has 0 aliphatic carbocycles. The van der Waals surface area contributed by atoms with Crippen LogP contribution in [0.1, 0.15) is 25.2 Å². The van der Waals surface area contributed by atoms with Gasteiger partial charge in [-0.25, -0.2) is 0 Å². The normalized spacial score (nSPS) is 11.0. The van der Waals surface area contributed by atoms with Gasteiger partial charge in [0, 0.05) is 12.1 Å². The smallest absolute Gasteiger partial charge is 0.146 e. The van der Waals surface area contributed by atoms with E-state index in [1.54, 1.807) is 12.3 Å². The highest BCUT2D eigenvalue weighted by Gasteiger charge is 2.05. The Morgan fingerprint density at radius 2 is 2.10 bits per heavy atom. The van der Waals surface area contributed by atoms with Crippen LogP contribution in [-0.2, 0) is 13.2 Å². The standard InChI is InChI=1S/C16H20ClNO2/c1-12(2)8-18-9-13-7-14(19-10-13)11-20-16-6-4-3-5-15(16)17/h3-7,10,12,18H,8-9,11H2,1-2H3. The van der Waals surface area contributed by atoms with Crippen molar-refractivity contribution in [2.45, 2.75) is 27.0 Å². The van der Waals surface area contributed by atoms with Gasteiger partial charge in [0.05, 0.1) is 11.3 Å². The number of hydrogen-bond donors (Lipinski definition) is 1. The summed E-state index contributed by atoms with van der Waals surface area (Å²) < 4.78 is 11.1. The van der Waals surface area contributed by atoms with Crippen LogP contribution >= 0.6 is 11.6 Å². The molecule has 20 heavy (non-hydrogen) atoms. The molecule has 1 aromatic heterocycles. The molecule has 0 saturated heterocycles. The first-order valence-electron chi connectivity index (χ1n) is 6.79. The van der Waals surface area contributed by atoms with E-state index in [2.05, 4.69) is 19.2 Å². The predicted octanol–water partition coefficient (Wildman–Crippen LogP) is 4.26. The van der Waals surface area contributed by atoms with E-state index in [0.29, 0.717) is 23.3 Å². The zero-order valence-electron chi connectivity index (χ0n) is 11.9. The SMILES string of the molecule is CC(C)CNCc1coc(COc2ccccc2Cl)c1. The minimum Gasteiger partial charge on any atom is -0.484 e. The number of ether oxygens (including phenoxy) is 1. The highest BCUT2D eigenvalue weighted by molar-refractivity contribution is 6.32. The van der Waals surface area contributed by atoms with Crippen molar-refractivity contribution < 1.29 is 9.15 Å². The lowest BCUT2D eigenvalue weighted by Gasteiger charge is -2.05. The van der Waals surface area contributed by atoms with Gasteiger partial charge in [-0.15, -0.1) is 0 Å². The lowest BCUT2D eigenvalue weighted by atomic mass is 10.2. The van der Waals surface area contributed by atoms with E-state index in [-0.39, 0.29) is 0 Å². The Morgan fingerprint density at radius 1 is 1.30 bits per heavy atom. The second-order valence-electron chi connectivity index (χ2n) is 5.17. The van der Waals surface area contributed by atoms with Crippen molar-refractivity contribution in [1.82, 2.24) is 5.32 Å². The molecule has 0 spiro atoms. The van der Waals surface area contributed by atoms with Crippen molar-refractivity contribution in [2.75, 3.05) is 6.54 Å². The summed E-state index contributed by atoms with van der Waals surface area (Å²) in [4.78, 5) is 0. The summed E-state index contributed by atoms with van der Waals surface area (Å²) in [5.41, 5.74) is 1.13. The van der Waals surface area contributed by atoms with Crippen molar-refractivity contribution in [3.63, 3.8) is 0 Å². The lowest BCUT2D eigenvalue weighted by molar-refractivity contribution is 0.270. The molecule has 0 fully saturated rings. The van der Waals surface area contributed by atoms with Gasteiger partial charge in [0.2, 0.25) is 0 Å². The molecular formula is C16H20ClNO2. The number of benzene rings is 1. The van der Waals surface area contributed by atoms with Crippen molar-refractivity contribution in [1.29, 1.82) is 0 Å². The molecule has 0 unspecified atom stereocenters. The molecule has 0 aliphatic heterocycles. The van der Waals surface area contributed by atoms with Gasteiger partial charge in [0.15, 0.2) is 0 Å². The average Bonchev–Trinajstić information content (AvgIpc) is 2.85. The van der Waals surface area contributed by atoms with Crippen molar-refractivity contribution in [3.8, 4) is 5.75 Å². The molecule has 1 heterocycles. The van der Waals surface area contributed by atoms with Crippen LogP contribution in [0, 0.1) is 5.92 Å². The van der Waals surface area contributed by atoms with Gasteiger partial charge in [-0.1, -0.05) is 37.6 Å². The van der Waals surface area contributed by atoms with Crippen LogP contribution in [0.4, 0.5) is 0 Å². The summed E-state index contributed by atoms with van der Waals surface area (Å²) in [6.45, 7) is 6.56. The summed E-state index contributed by atoms with van der Waals surface area (Å²) >= 11 is 6.03. The van der Waals surface area contributed by atoms with Gasteiger partial charge in [-0.2, -0.15) is 0 Å². The summed E-state index contributed by atoms with van der Waals surface area (Å²) in [6, 6.07) is 9.42. The monoisotopic (exact) mass is 293 g/mol. The van der Waals surface area contributed by atoms with Gasteiger partial charge >= 0.3 is 0 Å². The molecule has 0 amide bonds. The summed E-state index contributed by atoms with van der Waals surface area (Å²) in [5.74, 6) is 2.11. The average molecular weight is 294 g/mol. The molecule has 4 heteroatoms. The van der Waals surface area contributed by atoms with Crippen LogP contribution in [-0.4, -0.2) is 6.54 Å². The zero-order valence-corrected chi connectivity index (χ0v) is 12.6. The van der Waals surface area contributed by atoms with Crippen LogP contribution in [0.2, 0.25) is 5.02 Å². The second-order valence-corrected chi connectivity index (χ2v) is 5.57. The maximum absolute atomic E-state index is 6.03. The minimum absolute atomic E-state index is 0.383. The summed E-state index contributed by atoms with van der Waals surface area (Å²) in [6.07, 6.45) is 1.76. The Balaban J connectivity index is 1.82. The zero-order chi connectivity index (χ0) is 14.4. The van der Waals surface area contributed by atoms with Gasteiger partial charge in [0.25, 0.3) is 0 Å². The van der Waals surface area contributed by atoms with Crippen LogP contribution in [0.5, 0.6) is 5.75 Å². The number of hydrogen-bond acceptors (Lipinski definition) is 3. The fraction of sp³-hybridized carbons (Fsp3) is 0.375. The van der Waals surface area contributed by atoms with E-state index in [4.69, 9.17) is 20.8 Å². The van der Waals surface area contributed by atoms with Crippen LogP contribution < -0.4 is 10.1 Å². The van der Waals surface area contributed by atoms with Crippen LogP contribution in [0.3, 0.4) is 0 Å². The first-order chi connectivity index (χ1) is 9.65. The van der Waals surface area contributed by atoms with Crippen LogP contribution in [0.25, 0.3) is 0 Å². The third kappa shape index (κ3) is 4.58. The Labute approximate surface area is 124 Å². The van der Waals surface area contributed by atoms with Crippen molar-refractivity contribution >= 4 is 11.6 Å². The molecule has 0 aliphatic rings. The molecule has 2 aromatic rings. The van der Waals surface area contributed by atoms with Crippen molar-refractivity contribution in [3.05, 3.63) is 52.9 Å². The quantitative estimate of drug-likeness (QED) is 0.828. The molecule has 1 N–H and O–H groups in total. The fourth-order valence-corrected chi connectivity index (χ4v) is 2.00. The maximum atomic E-state index is 6.03. The highest BCUT2D eigenvalue weighted by Crippen LogP contribution is 2.24. The van der Waals surface area contributed by atoms with E-state index in [0.717, 1.165) is 24.4 Å². The molecular weight excluding hydrogens is 274 g/mol. The van der Waals surface area contributed by atoms with Gasteiger partial charge in [-0.05, 0) is 30.7 Å². The second kappa shape index (κ2) is 7.36. The largest absolute Gasteiger partial charge is 0.484 e. The van der Waals surface area contributed by atoms with E-state index in [1.165, 1.54) is 0 Å². The van der Waals surface area contributed by atoms with Gasteiger partial charge < -0.3 is 14.5 Å². The summed E-state index contributed by atoms with van der Waals surface area (Å²) in [5, 5.41) is 3.98. The fourth-order valence-electron chi connectivity index (χ4n) is 1.81. The molecule has 1 aromatic carbocycles. The third-order valence-electron chi connectivity index (χ3n) is 2.80. The minimum atomic E-state index is 0.383. The first kappa shape index (κ1) is 14.9. The lowest BCUT2D eigenvalue weighted by Crippen LogP contribution is -2.18. The third-order valence-corrected chi connectivity index (χ3v) is 3.11. The van der Waals surface area contributed by atoms with E-state index >= 15 is 0 Å².